The molecular formula is C29H43N5O3Si. The summed E-state index contributed by atoms with van der Waals surface area (Å²) in [6.07, 6.45) is 2.47. The molecule has 1 saturated heterocycles. The molecule has 0 radical (unpaired) electrons. The lowest BCUT2D eigenvalue weighted by atomic mass is 9.74. The average Bonchev–Trinajstić information content (AvgIpc) is 3.17. The molecule has 38 heavy (non-hydrogen) atoms. The first-order chi connectivity index (χ1) is 18.0. The molecule has 1 amide bonds. The van der Waals surface area contributed by atoms with Gasteiger partial charge in [-0.25, -0.2) is 4.79 Å². The van der Waals surface area contributed by atoms with Gasteiger partial charge in [-0.15, -0.1) is 0 Å². The quantitative estimate of drug-likeness (QED) is 0.123. The Balaban J connectivity index is 1.96. The summed E-state index contributed by atoms with van der Waals surface area (Å²) < 4.78 is 6.20. The molecule has 9 heteroatoms. The number of carbonyl (C=O) groups excluding carboxylic acids is 1. The number of carbonyl (C=O) groups is 1. The number of nitrogens with two attached hydrogens (primary N) is 1. The lowest BCUT2D eigenvalue weighted by Crippen LogP contribution is -2.66. The predicted molar refractivity (Wildman–Crippen MR) is 155 cm³/mol. The van der Waals surface area contributed by atoms with Crippen molar-refractivity contribution in [3.05, 3.63) is 71.1 Å². The minimum Gasteiger partial charge on any atom is -0.441 e. The van der Waals surface area contributed by atoms with E-state index in [0.717, 1.165) is 16.8 Å². The molecule has 2 aromatic rings. The Kier molecular flexibility index (Phi) is 9.65. The first kappa shape index (κ1) is 29.7. The van der Waals surface area contributed by atoms with E-state index in [1.54, 1.807) is 4.90 Å². The standard InChI is InChI=1S/C29H43N5O3Si/c1-6-23(29(5)26(22(2)30)34(27(35)37-29)20-14-13-19-32-33-31)21-28(3,4)38(36,24-15-9-7-10-16-24)25-17-11-8-12-18-25/h7-12,15-18,22-23,26,36H,6,13-14,19-21,30H2,1-5H3/t22-,23+,26-,29-/m1/s1. The number of cyclic esters (lactones) is 1. The van der Waals surface area contributed by atoms with E-state index in [4.69, 9.17) is 16.0 Å². The van der Waals surface area contributed by atoms with Gasteiger partial charge in [-0.2, -0.15) is 0 Å². The molecule has 206 valence electrons. The van der Waals surface area contributed by atoms with Gasteiger partial charge in [0.1, 0.15) is 5.60 Å². The summed E-state index contributed by atoms with van der Waals surface area (Å²) in [5, 5.41) is 5.03. The smallest absolute Gasteiger partial charge is 0.410 e. The first-order valence-electron chi connectivity index (χ1n) is 13.6. The molecule has 3 rings (SSSR count). The highest BCUT2D eigenvalue weighted by Gasteiger charge is 2.59. The van der Waals surface area contributed by atoms with E-state index in [2.05, 4.69) is 30.8 Å². The molecule has 0 spiro atoms. The summed E-state index contributed by atoms with van der Waals surface area (Å²) in [4.78, 5) is 30.4. The number of unbranched alkanes of at least 4 members (excludes halogenated alkanes) is 1. The van der Waals surface area contributed by atoms with Gasteiger partial charge in [-0.3, -0.25) is 4.90 Å². The Labute approximate surface area is 227 Å². The van der Waals surface area contributed by atoms with E-state index in [1.807, 2.05) is 74.5 Å². The van der Waals surface area contributed by atoms with Crippen molar-refractivity contribution in [1.29, 1.82) is 0 Å². The normalized spacial score (nSPS) is 21.5. The molecule has 1 aliphatic rings. The van der Waals surface area contributed by atoms with Crippen LogP contribution in [0.4, 0.5) is 4.79 Å². The number of benzene rings is 2. The fraction of sp³-hybridized carbons (Fsp3) is 0.552. The van der Waals surface area contributed by atoms with Crippen LogP contribution in [0.15, 0.2) is 65.8 Å². The molecule has 0 aliphatic carbocycles. The first-order valence-corrected chi connectivity index (χ1v) is 15.6. The van der Waals surface area contributed by atoms with E-state index < -0.39 is 19.0 Å². The van der Waals surface area contributed by atoms with Gasteiger partial charge in [0.2, 0.25) is 0 Å². The SMILES string of the molecule is CC[C@@H](CC(C)(C)[Si](O)(c1ccccc1)c1ccccc1)[C@@]1(C)OC(=O)N(CCCCN=[N+]=[N-])[C@@H]1[C@@H](C)N. The second-order valence-corrected chi connectivity index (χ2v) is 15.3. The summed E-state index contributed by atoms with van der Waals surface area (Å²) in [6.45, 7) is 11.2. The zero-order valence-corrected chi connectivity index (χ0v) is 24.4. The highest BCUT2D eigenvalue weighted by molar-refractivity contribution is 6.98. The molecule has 0 saturated carbocycles. The van der Waals surface area contributed by atoms with Crippen LogP contribution in [0.5, 0.6) is 0 Å². The van der Waals surface area contributed by atoms with E-state index >= 15 is 0 Å². The maximum absolute atomic E-state index is 13.2. The van der Waals surface area contributed by atoms with Gasteiger partial charge < -0.3 is 15.3 Å². The van der Waals surface area contributed by atoms with Crippen molar-refractivity contribution in [2.75, 3.05) is 13.1 Å². The monoisotopic (exact) mass is 537 g/mol. The van der Waals surface area contributed by atoms with E-state index in [0.29, 0.717) is 32.4 Å². The molecule has 2 aromatic carbocycles. The van der Waals surface area contributed by atoms with Gasteiger partial charge in [-0.1, -0.05) is 86.5 Å². The topological polar surface area (TPSA) is 125 Å². The van der Waals surface area contributed by atoms with Gasteiger partial charge in [0, 0.05) is 30.0 Å². The van der Waals surface area contributed by atoms with Crippen LogP contribution in [-0.2, 0) is 4.74 Å². The lowest BCUT2D eigenvalue weighted by molar-refractivity contribution is -0.0171. The van der Waals surface area contributed by atoms with Crippen molar-refractivity contribution in [3.63, 3.8) is 0 Å². The van der Waals surface area contributed by atoms with Crippen LogP contribution >= 0.6 is 0 Å². The van der Waals surface area contributed by atoms with Gasteiger partial charge >= 0.3 is 6.09 Å². The van der Waals surface area contributed by atoms with Crippen LogP contribution in [0, 0.1) is 5.92 Å². The van der Waals surface area contributed by atoms with Crippen molar-refractivity contribution >= 4 is 24.8 Å². The minimum absolute atomic E-state index is 0.0305. The molecule has 1 fully saturated rings. The van der Waals surface area contributed by atoms with Crippen LogP contribution in [0.25, 0.3) is 10.4 Å². The molecule has 1 aliphatic heterocycles. The molecule has 0 bridgehead atoms. The third kappa shape index (κ3) is 5.76. The number of hydrogen-bond donors (Lipinski definition) is 2. The van der Waals surface area contributed by atoms with Crippen molar-refractivity contribution in [2.45, 2.75) is 83.0 Å². The number of ether oxygens (including phenoxy) is 1. The number of amides is 1. The summed E-state index contributed by atoms with van der Waals surface area (Å²) >= 11 is 0. The molecule has 1 heterocycles. The van der Waals surface area contributed by atoms with Crippen LogP contribution in [0.1, 0.15) is 60.3 Å². The van der Waals surface area contributed by atoms with Gasteiger partial charge in [0.25, 0.3) is 8.32 Å². The van der Waals surface area contributed by atoms with Crippen molar-refractivity contribution in [3.8, 4) is 0 Å². The second kappa shape index (κ2) is 12.3. The average molecular weight is 538 g/mol. The van der Waals surface area contributed by atoms with Gasteiger partial charge in [0.15, 0.2) is 0 Å². The zero-order valence-electron chi connectivity index (χ0n) is 23.4. The summed E-state index contributed by atoms with van der Waals surface area (Å²) in [7, 11) is -3.23. The fourth-order valence-corrected chi connectivity index (χ4v) is 10.2. The highest BCUT2D eigenvalue weighted by atomic mass is 28.4. The lowest BCUT2D eigenvalue weighted by Gasteiger charge is -2.47. The molecule has 0 aromatic heterocycles. The van der Waals surface area contributed by atoms with Crippen LogP contribution in [-0.4, -0.2) is 54.9 Å². The molecular weight excluding hydrogens is 494 g/mol. The third-order valence-corrected chi connectivity index (χ3v) is 12.9. The summed E-state index contributed by atoms with van der Waals surface area (Å²) in [5.74, 6) is -0.0305. The molecule has 4 atom stereocenters. The second-order valence-electron chi connectivity index (χ2n) is 11.3. The van der Waals surface area contributed by atoms with Crippen molar-refractivity contribution in [2.24, 2.45) is 16.8 Å². The van der Waals surface area contributed by atoms with Crippen LogP contribution in [0.2, 0.25) is 5.04 Å². The Bertz CT molecular complexity index is 1070. The van der Waals surface area contributed by atoms with Crippen LogP contribution in [0.3, 0.4) is 0 Å². The Morgan fingerprint density at radius 2 is 1.71 bits per heavy atom. The van der Waals surface area contributed by atoms with E-state index in [1.165, 1.54) is 0 Å². The summed E-state index contributed by atoms with van der Waals surface area (Å²) in [6, 6.07) is 19.4. The van der Waals surface area contributed by atoms with Crippen molar-refractivity contribution in [1.82, 2.24) is 4.90 Å². The highest BCUT2D eigenvalue weighted by Crippen LogP contribution is 2.49. The largest absolute Gasteiger partial charge is 0.441 e. The maximum Gasteiger partial charge on any atom is 0.410 e. The molecule has 0 unspecified atom stereocenters. The van der Waals surface area contributed by atoms with Gasteiger partial charge in [0.05, 0.1) is 6.04 Å². The Morgan fingerprint density at radius 1 is 1.16 bits per heavy atom. The van der Waals surface area contributed by atoms with E-state index in [-0.39, 0.29) is 24.1 Å². The summed E-state index contributed by atoms with van der Waals surface area (Å²) in [5.41, 5.74) is 14.2. The Hall–Kier alpha value is -2.84. The zero-order chi connectivity index (χ0) is 28.0. The van der Waals surface area contributed by atoms with Crippen LogP contribution < -0.4 is 16.1 Å². The maximum atomic E-state index is 13.2. The van der Waals surface area contributed by atoms with Crippen molar-refractivity contribution < 1.29 is 14.3 Å². The number of hydrogen-bond acceptors (Lipinski definition) is 5. The van der Waals surface area contributed by atoms with Gasteiger partial charge in [-0.05, 0) is 60.5 Å². The molecule has 8 nitrogen and oxygen atoms in total. The van der Waals surface area contributed by atoms with E-state index in [9.17, 15) is 9.59 Å². The number of rotatable bonds is 13. The fourth-order valence-electron chi connectivity index (χ4n) is 6.42. The molecule has 3 N–H and O–H groups in total. The Morgan fingerprint density at radius 3 is 2.18 bits per heavy atom. The third-order valence-electron chi connectivity index (χ3n) is 8.36. The number of nitrogens with zero attached hydrogens (tertiary/aromatic N) is 4. The number of azide groups is 1. The minimum atomic E-state index is -3.23. The predicted octanol–water partition coefficient (Wildman–Crippen LogP) is 4.95.